The van der Waals surface area contributed by atoms with Crippen molar-refractivity contribution in [2.45, 2.75) is 39.3 Å². The Morgan fingerprint density at radius 3 is 2.42 bits per heavy atom. The number of halogens is 1. The maximum atomic E-state index is 5.81. The van der Waals surface area contributed by atoms with E-state index in [4.69, 9.17) is 16.3 Å². The SMILES string of the molecule is CC(CNC(C)(C)C)NCCOc1ccc(Cl)cc1. The van der Waals surface area contributed by atoms with E-state index in [1.807, 2.05) is 24.3 Å². The minimum absolute atomic E-state index is 0.162. The molecule has 19 heavy (non-hydrogen) atoms. The summed E-state index contributed by atoms with van der Waals surface area (Å²) in [5.74, 6) is 0.853. The van der Waals surface area contributed by atoms with Gasteiger partial charge in [0.1, 0.15) is 12.4 Å². The second-order valence-corrected chi connectivity index (χ2v) is 6.22. The van der Waals surface area contributed by atoms with Gasteiger partial charge in [0, 0.05) is 29.7 Å². The highest BCUT2D eigenvalue weighted by Crippen LogP contribution is 2.15. The fourth-order valence-corrected chi connectivity index (χ4v) is 1.66. The van der Waals surface area contributed by atoms with Gasteiger partial charge in [-0.05, 0) is 52.0 Å². The summed E-state index contributed by atoms with van der Waals surface area (Å²) in [5, 5.41) is 7.62. The normalized spacial score (nSPS) is 13.3. The predicted octanol–water partition coefficient (Wildman–Crippen LogP) is 3.09. The van der Waals surface area contributed by atoms with Gasteiger partial charge in [0.2, 0.25) is 0 Å². The molecular weight excluding hydrogens is 260 g/mol. The standard InChI is InChI=1S/C15H25ClN2O/c1-12(11-18-15(2,3)4)17-9-10-19-14-7-5-13(16)6-8-14/h5-8,12,17-18H,9-11H2,1-4H3. The minimum Gasteiger partial charge on any atom is -0.492 e. The number of hydrogen-bond donors (Lipinski definition) is 2. The highest BCUT2D eigenvalue weighted by atomic mass is 35.5. The van der Waals surface area contributed by atoms with E-state index >= 15 is 0 Å². The van der Waals surface area contributed by atoms with E-state index in [0.717, 1.165) is 23.9 Å². The van der Waals surface area contributed by atoms with Crippen molar-refractivity contribution in [2.24, 2.45) is 0 Å². The largest absolute Gasteiger partial charge is 0.492 e. The molecule has 1 aromatic rings. The third kappa shape index (κ3) is 8.09. The number of hydrogen-bond acceptors (Lipinski definition) is 3. The summed E-state index contributed by atoms with van der Waals surface area (Å²) in [6.45, 7) is 11.1. The molecule has 2 N–H and O–H groups in total. The molecule has 1 aromatic carbocycles. The van der Waals surface area contributed by atoms with Crippen LogP contribution in [0.5, 0.6) is 5.75 Å². The van der Waals surface area contributed by atoms with Crippen LogP contribution in [0.15, 0.2) is 24.3 Å². The van der Waals surface area contributed by atoms with Crippen LogP contribution in [-0.4, -0.2) is 31.3 Å². The summed E-state index contributed by atoms with van der Waals surface area (Å²) in [4.78, 5) is 0. The Kier molecular flexibility index (Phi) is 6.63. The predicted molar refractivity (Wildman–Crippen MR) is 82.2 cm³/mol. The molecule has 0 aromatic heterocycles. The Morgan fingerprint density at radius 2 is 1.84 bits per heavy atom. The first-order valence-corrected chi connectivity index (χ1v) is 7.11. The van der Waals surface area contributed by atoms with Crippen LogP contribution in [0.2, 0.25) is 5.02 Å². The second kappa shape index (κ2) is 7.73. The summed E-state index contributed by atoms with van der Waals surface area (Å²) in [7, 11) is 0. The van der Waals surface area contributed by atoms with E-state index in [0.29, 0.717) is 12.6 Å². The number of nitrogens with one attached hydrogen (secondary N) is 2. The summed E-state index contributed by atoms with van der Waals surface area (Å²) >= 11 is 5.81. The molecule has 0 fully saturated rings. The smallest absolute Gasteiger partial charge is 0.119 e. The zero-order chi connectivity index (χ0) is 14.3. The third-order valence-electron chi connectivity index (χ3n) is 2.62. The van der Waals surface area contributed by atoms with E-state index < -0.39 is 0 Å². The summed E-state index contributed by atoms with van der Waals surface area (Å²) in [6.07, 6.45) is 0. The van der Waals surface area contributed by atoms with Crippen molar-refractivity contribution >= 4 is 11.6 Å². The lowest BCUT2D eigenvalue weighted by atomic mass is 10.1. The van der Waals surface area contributed by atoms with E-state index in [1.165, 1.54) is 0 Å². The highest BCUT2D eigenvalue weighted by Gasteiger charge is 2.10. The summed E-state index contributed by atoms with van der Waals surface area (Å²) < 4.78 is 5.62. The molecule has 4 heteroatoms. The molecule has 0 heterocycles. The minimum atomic E-state index is 0.162. The molecule has 1 unspecified atom stereocenters. The van der Waals surface area contributed by atoms with Gasteiger partial charge in [-0.3, -0.25) is 0 Å². The average Bonchev–Trinajstić information content (AvgIpc) is 2.33. The summed E-state index contributed by atoms with van der Waals surface area (Å²) in [6, 6.07) is 7.85. The van der Waals surface area contributed by atoms with Crippen molar-refractivity contribution in [1.82, 2.24) is 10.6 Å². The van der Waals surface area contributed by atoms with E-state index in [9.17, 15) is 0 Å². The molecule has 0 saturated heterocycles. The van der Waals surface area contributed by atoms with Crippen molar-refractivity contribution < 1.29 is 4.74 Å². The molecule has 0 amide bonds. The first-order chi connectivity index (χ1) is 8.87. The Labute approximate surface area is 121 Å². The van der Waals surface area contributed by atoms with Gasteiger partial charge < -0.3 is 15.4 Å². The molecule has 0 aliphatic rings. The average molecular weight is 285 g/mol. The van der Waals surface area contributed by atoms with Gasteiger partial charge >= 0.3 is 0 Å². The van der Waals surface area contributed by atoms with Crippen LogP contribution in [0.25, 0.3) is 0 Å². The van der Waals surface area contributed by atoms with Crippen LogP contribution < -0.4 is 15.4 Å². The van der Waals surface area contributed by atoms with Gasteiger partial charge in [-0.2, -0.15) is 0 Å². The van der Waals surface area contributed by atoms with Crippen LogP contribution in [0.4, 0.5) is 0 Å². The fourth-order valence-electron chi connectivity index (χ4n) is 1.54. The van der Waals surface area contributed by atoms with Gasteiger partial charge in [-0.15, -0.1) is 0 Å². The zero-order valence-corrected chi connectivity index (χ0v) is 13.1. The number of benzene rings is 1. The lowest BCUT2D eigenvalue weighted by Crippen LogP contribution is -2.45. The topological polar surface area (TPSA) is 33.3 Å². The van der Waals surface area contributed by atoms with E-state index in [1.54, 1.807) is 0 Å². The summed E-state index contributed by atoms with van der Waals surface area (Å²) in [5.41, 5.74) is 0.162. The highest BCUT2D eigenvalue weighted by molar-refractivity contribution is 6.30. The monoisotopic (exact) mass is 284 g/mol. The van der Waals surface area contributed by atoms with Gasteiger partial charge in [0.05, 0.1) is 0 Å². The van der Waals surface area contributed by atoms with E-state index in [-0.39, 0.29) is 5.54 Å². The molecule has 0 aliphatic heterocycles. The number of ether oxygens (including phenoxy) is 1. The first-order valence-electron chi connectivity index (χ1n) is 6.73. The quantitative estimate of drug-likeness (QED) is 0.755. The lowest BCUT2D eigenvalue weighted by molar-refractivity contribution is 0.301. The fraction of sp³-hybridized carbons (Fsp3) is 0.600. The van der Waals surface area contributed by atoms with Gasteiger partial charge in [0.15, 0.2) is 0 Å². The Balaban J connectivity index is 2.12. The lowest BCUT2D eigenvalue weighted by Gasteiger charge is -2.24. The van der Waals surface area contributed by atoms with Crippen LogP contribution in [0.3, 0.4) is 0 Å². The molecule has 0 bridgehead atoms. The molecular formula is C15H25ClN2O. The van der Waals surface area contributed by atoms with Crippen molar-refractivity contribution in [2.75, 3.05) is 19.7 Å². The van der Waals surface area contributed by atoms with Crippen LogP contribution >= 0.6 is 11.6 Å². The van der Waals surface area contributed by atoms with Crippen LogP contribution in [-0.2, 0) is 0 Å². The van der Waals surface area contributed by atoms with Crippen LogP contribution in [0.1, 0.15) is 27.7 Å². The number of rotatable bonds is 7. The molecule has 3 nitrogen and oxygen atoms in total. The Hall–Kier alpha value is -0.770. The van der Waals surface area contributed by atoms with Gasteiger partial charge in [-0.1, -0.05) is 11.6 Å². The van der Waals surface area contributed by atoms with E-state index in [2.05, 4.69) is 38.3 Å². The Bertz CT molecular complexity index is 359. The Morgan fingerprint density at radius 1 is 1.21 bits per heavy atom. The molecule has 0 spiro atoms. The van der Waals surface area contributed by atoms with Gasteiger partial charge in [-0.25, -0.2) is 0 Å². The maximum Gasteiger partial charge on any atom is 0.119 e. The first kappa shape index (κ1) is 16.3. The molecule has 1 atom stereocenters. The van der Waals surface area contributed by atoms with Crippen molar-refractivity contribution in [3.63, 3.8) is 0 Å². The van der Waals surface area contributed by atoms with Crippen LogP contribution in [0, 0.1) is 0 Å². The molecule has 0 aliphatic carbocycles. The van der Waals surface area contributed by atoms with Gasteiger partial charge in [0.25, 0.3) is 0 Å². The molecule has 108 valence electrons. The van der Waals surface area contributed by atoms with Crippen molar-refractivity contribution in [3.8, 4) is 5.75 Å². The molecule has 0 saturated carbocycles. The second-order valence-electron chi connectivity index (χ2n) is 5.79. The maximum absolute atomic E-state index is 5.81. The molecule has 1 rings (SSSR count). The zero-order valence-electron chi connectivity index (χ0n) is 12.3. The van der Waals surface area contributed by atoms with Crippen molar-refractivity contribution in [3.05, 3.63) is 29.3 Å². The molecule has 0 radical (unpaired) electrons. The van der Waals surface area contributed by atoms with Crippen molar-refractivity contribution in [1.29, 1.82) is 0 Å². The third-order valence-corrected chi connectivity index (χ3v) is 2.87.